The Bertz CT molecular complexity index is 1510. The van der Waals surface area contributed by atoms with E-state index in [9.17, 15) is 0 Å². The Morgan fingerprint density at radius 2 is 2.08 bits per heavy atom. The van der Waals surface area contributed by atoms with Crippen LogP contribution in [0.1, 0.15) is 43.3 Å². The van der Waals surface area contributed by atoms with E-state index in [1.807, 2.05) is 55.7 Å². The molecule has 4 aromatic heterocycles. The summed E-state index contributed by atoms with van der Waals surface area (Å²) >= 11 is 0. The second-order valence-electron chi connectivity index (χ2n) is 9.28. The number of fused-ring (bicyclic) bond motifs is 1. The number of pyridine rings is 3. The number of nitrogen functional groups attached to an aromatic ring is 1. The van der Waals surface area contributed by atoms with Crippen LogP contribution in [0.3, 0.4) is 0 Å². The summed E-state index contributed by atoms with van der Waals surface area (Å²) in [7, 11) is 0. The van der Waals surface area contributed by atoms with Gasteiger partial charge in [0.25, 0.3) is 0 Å². The van der Waals surface area contributed by atoms with Crippen molar-refractivity contribution in [3.63, 3.8) is 0 Å². The van der Waals surface area contributed by atoms with Crippen molar-refractivity contribution in [3.8, 4) is 11.1 Å². The van der Waals surface area contributed by atoms with E-state index in [1.165, 1.54) is 19.3 Å². The number of aromatic amines is 1. The SMILES string of the molecule is C=C/C(=C\C(=C/C)c1cc(Cc2nc3c(-c4cccnc4)cncc3[nH]2)c(N)cn1)NC(=C)C1CCC1. The normalized spacial score (nSPS) is 14.4. The summed E-state index contributed by atoms with van der Waals surface area (Å²) < 4.78 is 0. The maximum atomic E-state index is 6.34. The van der Waals surface area contributed by atoms with Crippen LogP contribution >= 0.6 is 0 Å². The molecular weight excluding hydrogens is 458 g/mol. The van der Waals surface area contributed by atoms with E-state index in [-0.39, 0.29) is 0 Å². The van der Waals surface area contributed by atoms with Crippen LogP contribution in [0.5, 0.6) is 0 Å². The number of rotatable bonds is 9. The molecule has 1 fully saturated rings. The first-order valence-electron chi connectivity index (χ1n) is 12.5. The van der Waals surface area contributed by atoms with Gasteiger partial charge in [0, 0.05) is 47.5 Å². The molecule has 0 saturated heterocycles. The molecule has 0 bridgehead atoms. The lowest BCUT2D eigenvalue weighted by Crippen LogP contribution is -2.23. The van der Waals surface area contributed by atoms with E-state index in [0.29, 0.717) is 18.0 Å². The molecule has 7 heteroatoms. The summed E-state index contributed by atoms with van der Waals surface area (Å²) in [4.78, 5) is 21.5. The zero-order chi connectivity index (χ0) is 25.8. The number of anilines is 1. The summed E-state index contributed by atoms with van der Waals surface area (Å²) in [6.07, 6.45) is 19.0. The molecule has 37 heavy (non-hydrogen) atoms. The second kappa shape index (κ2) is 10.6. The molecule has 7 nitrogen and oxygen atoms in total. The van der Waals surface area contributed by atoms with Gasteiger partial charge in [-0.15, -0.1) is 0 Å². The van der Waals surface area contributed by atoms with E-state index in [2.05, 4.69) is 38.4 Å². The quantitative estimate of drug-likeness (QED) is 0.250. The number of hydrogen-bond donors (Lipinski definition) is 3. The highest BCUT2D eigenvalue weighted by atomic mass is 14.9. The number of imidazole rings is 1. The zero-order valence-corrected chi connectivity index (χ0v) is 21.0. The summed E-state index contributed by atoms with van der Waals surface area (Å²) in [6, 6.07) is 5.94. The summed E-state index contributed by atoms with van der Waals surface area (Å²) in [5.41, 5.74) is 15.3. The number of H-pyrrole nitrogens is 1. The van der Waals surface area contributed by atoms with Crippen LogP contribution in [0.15, 0.2) is 92.0 Å². The van der Waals surface area contributed by atoms with Gasteiger partial charge in [-0.05, 0) is 61.1 Å². The Morgan fingerprint density at radius 1 is 1.22 bits per heavy atom. The van der Waals surface area contributed by atoms with Crippen LogP contribution in [0, 0.1) is 5.92 Å². The van der Waals surface area contributed by atoms with Gasteiger partial charge in [0.05, 0.1) is 34.8 Å². The number of hydrogen-bond acceptors (Lipinski definition) is 6. The van der Waals surface area contributed by atoms with Gasteiger partial charge >= 0.3 is 0 Å². The van der Waals surface area contributed by atoms with Crippen molar-refractivity contribution < 1.29 is 0 Å². The van der Waals surface area contributed by atoms with Crippen LogP contribution in [-0.4, -0.2) is 24.9 Å². The fourth-order valence-electron chi connectivity index (χ4n) is 4.46. The molecule has 1 saturated carbocycles. The Labute approximate surface area is 217 Å². The van der Waals surface area contributed by atoms with Crippen molar-refractivity contribution in [2.75, 3.05) is 5.73 Å². The summed E-state index contributed by atoms with van der Waals surface area (Å²) in [5.74, 6) is 1.34. The maximum Gasteiger partial charge on any atom is 0.111 e. The minimum absolute atomic E-state index is 0.536. The van der Waals surface area contributed by atoms with Gasteiger partial charge in [0.1, 0.15) is 5.82 Å². The molecule has 1 aliphatic rings. The van der Waals surface area contributed by atoms with E-state index in [0.717, 1.165) is 56.2 Å². The lowest BCUT2D eigenvalue weighted by molar-refractivity contribution is 0.356. The molecule has 1 aliphatic carbocycles. The lowest BCUT2D eigenvalue weighted by atomic mass is 9.83. The first kappa shape index (κ1) is 24.2. The van der Waals surface area contributed by atoms with Gasteiger partial charge in [-0.1, -0.05) is 31.7 Å². The van der Waals surface area contributed by atoms with Crippen molar-refractivity contribution in [3.05, 3.63) is 109 Å². The van der Waals surface area contributed by atoms with E-state index >= 15 is 0 Å². The highest BCUT2D eigenvalue weighted by molar-refractivity contribution is 5.90. The fraction of sp³-hybridized carbons (Fsp3) is 0.200. The molecule has 5 rings (SSSR count). The largest absolute Gasteiger partial charge is 0.397 e. The molecule has 4 aromatic rings. The van der Waals surface area contributed by atoms with Gasteiger partial charge in [-0.3, -0.25) is 15.0 Å². The lowest BCUT2D eigenvalue weighted by Gasteiger charge is -2.28. The number of nitrogens with one attached hydrogen (secondary N) is 2. The molecule has 0 aromatic carbocycles. The number of nitrogens with two attached hydrogens (primary N) is 1. The minimum atomic E-state index is 0.536. The first-order valence-corrected chi connectivity index (χ1v) is 12.5. The maximum absolute atomic E-state index is 6.34. The number of aromatic nitrogens is 5. The van der Waals surface area contributed by atoms with E-state index in [1.54, 1.807) is 18.6 Å². The van der Waals surface area contributed by atoms with Crippen LogP contribution in [0.4, 0.5) is 5.69 Å². The van der Waals surface area contributed by atoms with Crippen molar-refractivity contribution in [2.24, 2.45) is 5.92 Å². The summed E-state index contributed by atoms with van der Waals surface area (Å²) in [5, 5.41) is 3.43. The monoisotopic (exact) mass is 489 g/mol. The van der Waals surface area contributed by atoms with Crippen LogP contribution in [-0.2, 0) is 6.42 Å². The van der Waals surface area contributed by atoms with E-state index < -0.39 is 0 Å². The molecule has 186 valence electrons. The predicted molar refractivity (Wildman–Crippen MR) is 150 cm³/mol. The van der Waals surface area contributed by atoms with Gasteiger partial charge < -0.3 is 16.0 Å². The Kier molecular flexibility index (Phi) is 6.94. The smallest absolute Gasteiger partial charge is 0.111 e. The Balaban J connectivity index is 1.41. The average molecular weight is 490 g/mol. The summed E-state index contributed by atoms with van der Waals surface area (Å²) in [6.45, 7) is 10.2. The fourth-order valence-corrected chi connectivity index (χ4v) is 4.46. The molecule has 0 amide bonds. The third kappa shape index (κ3) is 5.21. The van der Waals surface area contributed by atoms with Gasteiger partial charge in [0.2, 0.25) is 0 Å². The minimum Gasteiger partial charge on any atom is -0.397 e. The first-order chi connectivity index (χ1) is 18.1. The Morgan fingerprint density at radius 3 is 2.78 bits per heavy atom. The van der Waals surface area contributed by atoms with Crippen molar-refractivity contribution in [2.45, 2.75) is 32.6 Å². The third-order valence-corrected chi connectivity index (χ3v) is 6.84. The predicted octanol–water partition coefficient (Wildman–Crippen LogP) is 5.96. The molecule has 4 heterocycles. The van der Waals surface area contributed by atoms with Gasteiger partial charge in [0.15, 0.2) is 0 Å². The average Bonchev–Trinajstić information content (AvgIpc) is 3.30. The Hall–Kier alpha value is -4.52. The molecular formula is C30H31N7. The molecule has 0 unspecified atom stereocenters. The standard InChI is InChI=1S/C30H31N7/c1-4-20(12-24(5-2)35-19(3)21-8-6-9-21)27-13-23(26(31)17-34-27)14-29-36-28-18-33-16-25(30(28)37-29)22-10-7-11-32-15-22/h4-5,7,10-13,15-18,21,35H,2-3,6,8-9,14,31H2,1H3,(H,36,37)/b20-4+,24-12+. The topological polar surface area (TPSA) is 105 Å². The second-order valence-corrected chi connectivity index (χ2v) is 9.28. The van der Waals surface area contributed by atoms with Gasteiger partial charge in [-0.25, -0.2) is 4.98 Å². The molecule has 0 radical (unpaired) electrons. The number of nitrogens with zero attached hydrogens (tertiary/aromatic N) is 4. The van der Waals surface area contributed by atoms with Crippen LogP contribution in [0.25, 0.3) is 27.7 Å². The highest BCUT2D eigenvalue weighted by Crippen LogP contribution is 2.32. The van der Waals surface area contributed by atoms with Crippen molar-refractivity contribution >= 4 is 22.3 Å². The third-order valence-electron chi connectivity index (χ3n) is 6.84. The van der Waals surface area contributed by atoms with Gasteiger partial charge in [-0.2, -0.15) is 0 Å². The molecule has 0 atom stereocenters. The number of allylic oxidation sites excluding steroid dienone is 5. The molecule has 4 N–H and O–H groups in total. The van der Waals surface area contributed by atoms with Crippen LogP contribution in [0.2, 0.25) is 0 Å². The van der Waals surface area contributed by atoms with Crippen molar-refractivity contribution in [1.29, 1.82) is 0 Å². The van der Waals surface area contributed by atoms with Crippen molar-refractivity contribution in [1.82, 2.24) is 30.2 Å². The highest BCUT2D eigenvalue weighted by Gasteiger charge is 2.20. The molecule has 0 aliphatic heterocycles. The van der Waals surface area contributed by atoms with E-state index in [4.69, 9.17) is 10.7 Å². The van der Waals surface area contributed by atoms with Crippen LogP contribution < -0.4 is 11.1 Å². The molecule has 0 spiro atoms. The zero-order valence-electron chi connectivity index (χ0n) is 21.0.